The average Bonchev–Trinajstić information content (AvgIpc) is 2.94. The van der Waals surface area contributed by atoms with Gasteiger partial charge in [0, 0.05) is 48.6 Å². The zero-order valence-electron chi connectivity index (χ0n) is 21.7. The zero-order valence-corrected chi connectivity index (χ0v) is 21.7. The van der Waals surface area contributed by atoms with E-state index in [1.54, 1.807) is 40.8 Å². The standard InChI is InChI=1S/C29H34N2O5/c1-19-23(26(34-3)28(36-5)27(35-4)25(19)33-2)17-20-9-10-22(21-11-13-30-14-12-21)24(18-20)29(32)31-15-7-6-8-16-31/h9-14,18H,6-8,15-17H2,1-5H3. The molecular weight excluding hydrogens is 456 g/mol. The monoisotopic (exact) mass is 490 g/mol. The smallest absolute Gasteiger partial charge is 0.254 e. The van der Waals surface area contributed by atoms with Gasteiger partial charge in [-0.2, -0.15) is 0 Å². The second-order valence-electron chi connectivity index (χ2n) is 8.88. The number of piperidine rings is 1. The fraction of sp³-hybridized carbons (Fsp3) is 0.379. The Bertz CT molecular complexity index is 1220. The molecule has 0 N–H and O–H groups in total. The summed E-state index contributed by atoms with van der Waals surface area (Å²) in [5, 5.41) is 0. The summed E-state index contributed by atoms with van der Waals surface area (Å²) in [6, 6.07) is 9.98. The van der Waals surface area contributed by atoms with E-state index in [0.29, 0.717) is 35.0 Å². The van der Waals surface area contributed by atoms with Crippen molar-refractivity contribution in [2.75, 3.05) is 41.5 Å². The molecule has 3 aromatic rings. The van der Waals surface area contributed by atoms with Gasteiger partial charge in [0.05, 0.1) is 28.4 Å². The first-order valence-corrected chi connectivity index (χ1v) is 12.2. The van der Waals surface area contributed by atoms with Crippen molar-refractivity contribution >= 4 is 5.91 Å². The van der Waals surface area contributed by atoms with E-state index in [0.717, 1.165) is 53.7 Å². The Morgan fingerprint density at radius 2 is 1.44 bits per heavy atom. The predicted molar refractivity (Wildman–Crippen MR) is 140 cm³/mol. The molecule has 0 bridgehead atoms. The Labute approximate surface area is 213 Å². The molecule has 0 spiro atoms. The van der Waals surface area contributed by atoms with E-state index >= 15 is 0 Å². The summed E-state index contributed by atoms with van der Waals surface area (Å²) in [6.07, 6.45) is 7.28. The first-order chi connectivity index (χ1) is 17.5. The van der Waals surface area contributed by atoms with Gasteiger partial charge in [0.2, 0.25) is 11.5 Å². The number of hydrogen-bond donors (Lipinski definition) is 0. The number of hydrogen-bond acceptors (Lipinski definition) is 6. The molecule has 1 aromatic heterocycles. The second-order valence-corrected chi connectivity index (χ2v) is 8.88. The van der Waals surface area contributed by atoms with Crippen molar-refractivity contribution in [2.24, 2.45) is 0 Å². The van der Waals surface area contributed by atoms with Crippen molar-refractivity contribution in [3.63, 3.8) is 0 Å². The molecule has 0 unspecified atom stereocenters. The highest BCUT2D eigenvalue weighted by molar-refractivity contribution is 6.01. The summed E-state index contributed by atoms with van der Waals surface area (Å²) in [5.41, 5.74) is 5.38. The second kappa shape index (κ2) is 11.3. The maximum absolute atomic E-state index is 13.7. The van der Waals surface area contributed by atoms with E-state index in [1.807, 2.05) is 36.1 Å². The van der Waals surface area contributed by atoms with E-state index in [-0.39, 0.29) is 5.91 Å². The van der Waals surface area contributed by atoms with Crippen LogP contribution < -0.4 is 18.9 Å². The van der Waals surface area contributed by atoms with Crippen LogP contribution in [0.15, 0.2) is 42.7 Å². The lowest BCUT2D eigenvalue weighted by Gasteiger charge is -2.28. The van der Waals surface area contributed by atoms with Crippen LogP contribution in [-0.2, 0) is 6.42 Å². The largest absolute Gasteiger partial charge is 0.492 e. The predicted octanol–water partition coefficient (Wildman–Crippen LogP) is 5.31. The topological polar surface area (TPSA) is 70.1 Å². The Hall–Kier alpha value is -3.74. The number of pyridine rings is 1. The molecule has 36 heavy (non-hydrogen) atoms. The van der Waals surface area contributed by atoms with Gasteiger partial charge in [0.15, 0.2) is 11.5 Å². The maximum Gasteiger partial charge on any atom is 0.254 e. The minimum Gasteiger partial charge on any atom is -0.492 e. The molecule has 0 aliphatic carbocycles. The van der Waals surface area contributed by atoms with E-state index in [1.165, 1.54) is 6.42 Å². The van der Waals surface area contributed by atoms with Gasteiger partial charge in [-0.05, 0) is 61.1 Å². The third kappa shape index (κ3) is 4.83. The number of nitrogens with zero attached hydrogens (tertiary/aromatic N) is 2. The number of rotatable bonds is 8. The normalized spacial score (nSPS) is 13.3. The van der Waals surface area contributed by atoms with Crippen molar-refractivity contribution in [2.45, 2.75) is 32.6 Å². The summed E-state index contributed by atoms with van der Waals surface area (Å²) in [4.78, 5) is 19.8. The third-order valence-corrected chi connectivity index (χ3v) is 6.83. The molecule has 1 amide bonds. The lowest BCUT2D eigenvalue weighted by molar-refractivity contribution is 0.0725. The van der Waals surface area contributed by atoms with Crippen molar-refractivity contribution in [3.05, 3.63) is 65.0 Å². The molecule has 4 rings (SSSR count). The van der Waals surface area contributed by atoms with E-state index in [9.17, 15) is 4.79 Å². The number of carbonyl (C=O) groups is 1. The summed E-state index contributed by atoms with van der Waals surface area (Å²) >= 11 is 0. The quantitative estimate of drug-likeness (QED) is 0.426. The number of benzene rings is 2. The minimum atomic E-state index is 0.0666. The highest BCUT2D eigenvalue weighted by atomic mass is 16.5. The number of amides is 1. The van der Waals surface area contributed by atoms with Gasteiger partial charge in [0.25, 0.3) is 5.91 Å². The molecule has 2 aromatic carbocycles. The average molecular weight is 491 g/mol. The van der Waals surface area contributed by atoms with Gasteiger partial charge in [-0.15, -0.1) is 0 Å². The summed E-state index contributed by atoms with van der Waals surface area (Å²) in [5.74, 6) is 2.23. The highest BCUT2D eigenvalue weighted by Crippen LogP contribution is 2.49. The minimum absolute atomic E-state index is 0.0666. The Balaban J connectivity index is 1.82. The molecule has 0 atom stereocenters. The number of carbonyl (C=O) groups excluding carboxylic acids is 1. The van der Waals surface area contributed by atoms with Crippen LogP contribution in [0.3, 0.4) is 0 Å². The van der Waals surface area contributed by atoms with Crippen LogP contribution in [0.2, 0.25) is 0 Å². The molecular formula is C29H34N2O5. The molecule has 1 aliphatic heterocycles. The molecule has 7 heteroatoms. The Morgan fingerprint density at radius 1 is 0.833 bits per heavy atom. The van der Waals surface area contributed by atoms with Crippen molar-refractivity contribution in [1.29, 1.82) is 0 Å². The molecule has 1 saturated heterocycles. The first kappa shape index (κ1) is 25.4. The summed E-state index contributed by atoms with van der Waals surface area (Å²) in [6.45, 7) is 3.56. The lowest BCUT2D eigenvalue weighted by atomic mass is 9.92. The molecule has 1 aliphatic rings. The van der Waals surface area contributed by atoms with Crippen LogP contribution in [-0.4, -0.2) is 57.3 Å². The van der Waals surface area contributed by atoms with Crippen LogP contribution in [0.1, 0.15) is 46.3 Å². The number of methoxy groups -OCH3 is 4. The van der Waals surface area contributed by atoms with Crippen LogP contribution in [0, 0.1) is 6.92 Å². The molecule has 0 radical (unpaired) electrons. The van der Waals surface area contributed by atoms with Crippen LogP contribution in [0.5, 0.6) is 23.0 Å². The van der Waals surface area contributed by atoms with Crippen LogP contribution in [0.25, 0.3) is 11.1 Å². The molecule has 190 valence electrons. The Morgan fingerprint density at radius 3 is 2.06 bits per heavy atom. The van der Waals surface area contributed by atoms with Crippen molar-refractivity contribution in [3.8, 4) is 34.1 Å². The number of ether oxygens (including phenoxy) is 4. The van der Waals surface area contributed by atoms with E-state index in [4.69, 9.17) is 18.9 Å². The van der Waals surface area contributed by atoms with E-state index < -0.39 is 0 Å². The number of aromatic nitrogens is 1. The zero-order chi connectivity index (χ0) is 25.7. The van der Waals surface area contributed by atoms with Crippen molar-refractivity contribution < 1.29 is 23.7 Å². The van der Waals surface area contributed by atoms with Crippen LogP contribution in [0.4, 0.5) is 0 Å². The fourth-order valence-corrected chi connectivity index (χ4v) is 5.00. The third-order valence-electron chi connectivity index (χ3n) is 6.83. The maximum atomic E-state index is 13.7. The molecule has 7 nitrogen and oxygen atoms in total. The van der Waals surface area contributed by atoms with Gasteiger partial charge in [0.1, 0.15) is 0 Å². The lowest BCUT2D eigenvalue weighted by Crippen LogP contribution is -2.35. The van der Waals surface area contributed by atoms with E-state index in [2.05, 4.69) is 11.1 Å². The van der Waals surface area contributed by atoms with Gasteiger partial charge in [-0.1, -0.05) is 12.1 Å². The van der Waals surface area contributed by atoms with Crippen molar-refractivity contribution in [1.82, 2.24) is 9.88 Å². The molecule has 1 fully saturated rings. The highest BCUT2D eigenvalue weighted by Gasteiger charge is 2.26. The summed E-state index contributed by atoms with van der Waals surface area (Å²) in [7, 11) is 6.39. The van der Waals surface area contributed by atoms with Gasteiger partial charge in [-0.25, -0.2) is 0 Å². The van der Waals surface area contributed by atoms with Gasteiger partial charge >= 0.3 is 0 Å². The SMILES string of the molecule is COc1c(C)c(Cc2ccc(-c3ccncc3)c(C(=O)N3CCCCC3)c2)c(OC)c(OC)c1OC. The molecule has 2 heterocycles. The van der Waals surface area contributed by atoms with Crippen LogP contribution >= 0.6 is 0 Å². The van der Waals surface area contributed by atoms with Gasteiger partial charge in [-0.3, -0.25) is 9.78 Å². The fourth-order valence-electron chi connectivity index (χ4n) is 5.00. The Kier molecular flexibility index (Phi) is 7.98. The number of likely N-dealkylation sites (tertiary alicyclic amines) is 1. The van der Waals surface area contributed by atoms with Gasteiger partial charge < -0.3 is 23.8 Å². The summed E-state index contributed by atoms with van der Waals surface area (Å²) < 4.78 is 22.7. The molecule has 0 saturated carbocycles. The first-order valence-electron chi connectivity index (χ1n) is 12.2.